The second-order valence-electron chi connectivity index (χ2n) is 7.30. The third kappa shape index (κ3) is 4.29. The lowest BCUT2D eigenvalue weighted by atomic mass is 10.00. The van der Waals surface area contributed by atoms with E-state index in [1.54, 1.807) is 0 Å². The molecular formula is C24H27N3O2. The van der Waals surface area contributed by atoms with Gasteiger partial charge in [0, 0.05) is 31.5 Å². The van der Waals surface area contributed by atoms with Crippen molar-refractivity contribution >= 4 is 6.03 Å². The van der Waals surface area contributed by atoms with E-state index in [-0.39, 0.29) is 12.1 Å². The molecule has 3 aromatic rings. The van der Waals surface area contributed by atoms with Crippen LogP contribution in [0.15, 0.2) is 72.9 Å². The van der Waals surface area contributed by atoms with E-state index in [9.17, 15) is 4.79 Å². The Hall–Kier alpha value is -3.21. The van der Waals surface area contributed by atoms with Crippen molar-refractivity contribution in [3.05, 3.63) is 84.2 Å². The molecule has 5 nitrogen and oxygen atoms in total. The van der Waals surface area contributed by atoms with Gasteiger partial charge in [-0.3, -0.25) is 0 Å². The summed E-state index contributed by atoms with van der Waals surface area (Å²) in [7, 11) is 0. The third-order valence-electron chi connectivity index (χ3n) is 5.26. The third-order valence-corrected chi connectivity index (χ3v) is 5.26. The number of rotatable bonds is 6. The number of nitrogens with zero attached hydrogens (tertiary/aromatic N) is 2. The van der Waals surface area contributed by atoms with Crippen LogP contribution < -0.4 is 10.1 Å². The molecule has 0 spiro atoms. The van der Waals surface area contributed by atoms with Gasteiger partial charge in [0.25, 0.3) is 0 Å². The summed E-state index contributed by atoms with van der Waals surface area (Å²) >= 11 is 0. The number of unbranched alkanes of at least 4 members (excludes halogenated alkanes) is 1. The molecule has 4 rings (SSSR count). The van der Waals surface area contributed by atoms with Crippen LogP contribution in [-0.4, -0.2) is 28.6 Å². The fraction of sp³-hybridized carbons (Fsp3) is 0.292. The minimum atomic E-state index is -0.139. The molecule has 5 heteroatoms. The second kappa shape index (κ2) is 8.86. The summed E-state index contributed by atoms with van der Waals surface area (Å²) in [6.07, 6.45) is 4.13. The van der Waals surface area contributed by atoms with Gasteiger partial charge in [-0.1, -0.05) is 43.7 Å². The lowest BCUT2D eigenvalue weighted by Gasteiger charge is -2.37. The quantitative estimate of drug-likeness (QED) is 0.589. The Bertz CT molecular complexity index is 952. The number of urea groups is 1. The van der Waals surface area contributed by atoms with Crippen molar-refractivity contribution in [3.63, 3.8) is 0 Å². The van der Waals surface area contributed by atoms with Crippen LogP contribution in [0.25, 0.3) is 0 Å². The van der Waals surface area contributed by atoms with Crippen LogP contribution in [0.1, 0.15) is 37.1 Å². The van der Waals surface area contributed by atoms with E-state index in [1.165, 1.54) is 0 Å². The van der Waals surface area contributed by atoms with Crippen LogP contribution >= 0.6 is 0 Å². The van der Waals surface area contributed by atoms with E-state index in [2.05, 4.69) is 35.1 Å². The highest BCUT2D eigenvalue weighted by Crippen LogP contribution is 2.34. The van der Waals surface area contributed by atoms with Gasteiger partial charge in [0.1, 0.15) is 11.5 Å². The first-order valence-electron chi connectivity index (χ1n) is 10.3. The number of fused-ring (bicyclic) bond motifs is 1. The van der Waals surface area contributed by atoms with Crippen LogP contribution in [0.5, 0.6) is 11.5 Å². The summed E-state index contributed by atoms with van der Waals surface area (Å²) in [6.45, 7) is 4.31. The van der Waals surface area contributed by atoms with Crippen LogP contribution in [0.2, 0.25) is 0 Å². The van der Waals surface area contributed by atoms with Crippen molar-refractivity contribution < 1.29 is 9.53 Å². The van der Waals surface area contributed by atoms with Gasteiger partial charge in [-0.25, -0.2) is 4.79 Å². The van der Waals surface area contributed by atoms with Gasteiger partial charge in [-0.2, -0.15) is 0 Å². The van der Waals surface area contributed by atoms with Crippen molar-refractivity contribution in [2.45, 2.75) is 32.4 Å². The fourth-order valence-corrected chi connectivity index (χ4v) is 3.80. The number of amides is 2. The number of hydrogen-bond acceptors (Lipinski definition) is 2. The Balaban J connectivity index is 1.62. The van der Waals surface area contributed by atoms with Crippen molar-refractivity contribution in [2.24, 2.45) is 0 Å². The Morgan fingerprint density at radius 3 is 2.69 bits per heavy atom. The first-order valence-corrected chi connectivity index (χ1v) is 10.3. The molecule has 0 radical (unpaired) electrons. The highest BCUT2D eigenvalue weighted by atomic mass is 16.5. The standard InChI is InChI=1S/C24H27N3O2/c1-2-3-14-25-24(28)27-17-16-26-15-8-13-22(26)23(27)19-9-7-12-21(18-19)29-20-10-5-4-6-11-20/h4-13,15,18,23H,2-3,14,16-17H2,1H3,(H,25,28). The molecule has 150 valence electrons. The number of nitrogens with one attached hydrogen (secondary N) is 1. The van der Waals surface area contributed by atoms with E-state index in [0.29, 0.717) is 13.1 Å². The molecule has 1 atom stereocenters. The highest BCUT2D eigenvalue weighted by Gasteiger charge is 2.32. The number of benzene rings is 2. The molecule has 0 saturated heterocycles. The number of carbonyl (C=O) groups is 1. The Kier molecular flexibility index (Phi) is 5.84. The van der Waals surface area contributed by atoms with E-state index in [4.69, 9.17) is 4.74 Å². The molecule has 0 fully saturated rings. The van der Waals surface area contributed by atoms with Crippen LogP contribution in [0, 0.1) is 0 Å². The summed E-state index contributed by atoms with van der Waals surface area (Å²) in [5.41, 5.74) is 2.17. The molecule has 2 aromatic carbocycles. The van der Waals surface area contributed by atoms with Gasteiger partial charge in [-0.15, -0.1) is 0 Å². The monoisotopic (exact) mass is 389 g/mol. The number of ether oxygens (including phenoxy) is 1. The summed E-state index contributed by atoms with van der Waals surface area (Å²) in [5, 5.41) is 3.08. The summed E-state index contributed by atoms with van der Waals surface area (Å²) in [4.78, 5) is 14.9. The maximum absolute atomic E-state index is 12.9. The molecule has 0 saturated carbocycles. The Morgan fingerprint density at radius 2 is 1.86 bits per heavy atom. The van der Waals surface area contributed by atoms with Crippen molar-refractivity contribution in [2.75, 3.05) is 13.1 Å². The maximum atomic E-state index is 12.9. The first-order chi connectivity index (χ1) is 14.3. The van der Waals surface area contributed by atoms with Gasteiger partial charge in [0.15, 0.2) is 0 Å². The van der Waals surface area contributed by atoms with E-state index in [1.807, 2.05) is 59.5 Å². The molecule has 1 aliphatic rings. The highest BCUT2D eigenvalue weighted by molar-refractivity contribution is 5.75. The average Bonchev–Trinajstić information content (AvgIpc) is 3.23. The Morgan fingerprint density at radius 1 is 1.03 bits per heavy atom. The number of aromatic nitrogens is 1. The minimum Gasteiger partial charge on any atom is -0.457 e. The van der Waals surface area contributed by atoms with E-state index in [0.717, 1.165) is 42.1 Å². The van der Waals surface area contributed by atoms with Gasteiger partial charge in [0.2, 0.25) is 0 Å². The smallest absolute Gasteiger partial charge is 0.318 e. The summed E-state index contributed by atoms with van der Waals surface area (Å²) < 4.78 is 8.26. The van der Waals surface area contributed by atoms with Crippen molar-refractivity contribution in [1.29, 1.82) is 0 Å². The SMILES string of the molecule is CCCCNC(=O)N1CCn2cccc2C1c1cccc(Oc2ccccc2)c1. The predicted octanol–water partition coefficient (Wildman–Crippen LogP) is 5.20. The van der Waals surface area contributed by atoms with Crippen molar-refractivity contribution in [3.8, 4) is 11.5 Å². The number of carbonyl (C=O) groups excluding carboxylic acids is 1. The lowest BCUT2D eigenvalue weighted by molar-refractivity contribution is 0.168. The molecule has 0 bridgehead atoms. The summed E-state index contributed by atoms with van der Waals surface area (Å²) in [6, 6.07) is 21.8. The molecule has 1 aromatic heterocycles. The van der Waals surface area contributed by atoms with Crippen LogP contribution in [-0.2, 0) is 6.54 Å². The molecule has 0 aliphatic carbocycles. The Labute approximate surface area is 171 Å². The van der Waals surface area contributed by atoms with Gasteiger partial charge < -0.3 is 19.5 Å². The normalized spacial score (nSPS) is 15.6. The molecule has 1 unspecified atom stereocenters. The zero-order valence-electron chi connectivity index (χ0n) is 16.8. The lowest BCUT2D eigenvalue weighted by Crippen LogP contribution is -2.47. The number of hydrogen-bond donors (Lipinski definition) is 1. The zero-order chi connectivity index (χ0) is 20.1. The van der Waals surface area contributed by atoms with E-state index >= 15 is 0 Å². The van der Waals surface area contributed by atoms with Crippen molar-refractivity contribution in [1.82, 2.24) is 14.8 Å². The maximum Gasteiger partial charge on any atom is 0.318 e. The van der Waals surface area contributed by atoms with Gasteiger partial charge in [0.05, 0.1) is 6.04 Å². The minimum absolute atomic E-state index is 0.00900. The van der Waals surface area contributed by atoms with E-state index < -0.39 is 0 Å². The number of para-hydroxylation sites is 1. The first kappa shape index (κ1) is 19.1. The average molecular weight is 389 g/mol. The largest absolute Gasteiger partial charge is 0.457 e. The topological polar surface area (TPSA) is 46.5 Å². The van der Waals surface area contributed by atoms with Gasteiger partial charge >= 0.3 is 6.03 Å². The zero-order valence-corrected chi connectivity index (χ0v) is 16.8. The molecule has 1 N–H and O–H groups in total. The van der Waals surface area contributed by atoms with Gasteiger partial charge in [-0.05, 0) is 48.4 Å². The predicted molar refractivity (Wildman–Crippen MR) is 114 cm³/mol. The second-order valence-corrected chi connectivity index (χ2v) is 7.30. The molecular weight excluding hydrogens is 362 g/mol. The van der Waals surface area contributed by atoms with Crippen LogP contribution in [0.4, 0.5) is 4.79 Å². The fourth-order valence-electron chi connectivity index (χ4n) is 3.80. The molecule has 1 aliphatic heterocycles. The molecule has 2 heterocycles. The molecule has 2 amide bonds. The van der Waals surface area contributed by atoms with Crippen LogP contribution in [0.3, 0.4) is 0 Å². The summed E-state index contributed by atoms with van der Waals surface area (Å²) in [5.74, 6) is 1.56. The molecule has 29 heavy (non-hydrogen) atoms.